The molecule has 0 spiro atoms. The molecule has 212 valence electrons. The molecule has 4 bridgehead atoms. The molecule has 0 aromatic heterocycles. The lowest BCUT2D eigenvalue weighted by Gasteiger charge is -2.56. The quantitative estimate of drug-likeness (QED) is 0.428. The molecule has 1 aromatic rings. The number of β-amino-alcohol motifs (C(OH)–C–C–N with tert-alkyl or cyclic N) is 1. The van der Waals surface area contributed by atoms with Crippen LogP contribution in [0.1, 0.15) is 44.9 Å². The predicted octanol–water partition coefficient (Wildman–Crippen LogP) is 0.919. The summed E-state index contributed by atoms with van der Waals surface area (Å²) in [6.07, 6.45) is 5.15. The fourth-order valence-electron chi connectivity index (χ4n) is 7.52. The summed E-state index contributed by atoms with van der Waals surface area (Å²) in [4.78, 5) is 37.7. The first-order valence-electron chi connectivity index (χ1n) is 13.5. The van der Waals surface area contributed by atoms with E-state index in [0.29, 0.717) is 30.1 Å². The van der Waals surface area contributed by atoms with E-state index in [1.165, 1.54) is 37.5 Å². The summed E-state index contributed by atoms with van der Waals surface area (Å²) < 4.78 is 43.5. The Labute approximate surface area is 226 Å². The molecule has 12 nitrogen and oxygen atoms in total. The molecule has 1 aromatic carbocycles. The van der Waals surface area contributed by atoms with Gasteiger partial charge in [0.15, 0.2) is 18.1 Å². The molecule has 5 fully saturated rings. The number of carbonyl (C=O) groups is 3. The lowest BCUT2D eigenvalue weighted by atomic mass is 9.53. The van der Waals surface area contributed by atoms with E-state index in [0.717, 1.165) is 23.6 Å². The Kier molecular flexibility index (Phi) is 6.71. The smallest absolute Gasteiger partial charge is 0.325 e. The third-order valence-corrected chi connectivity index (χ3v) is 10.5. The zero-order valence-electron chi connectivity index (χ0n) is 21.5. The van der Waals surface area contributed by atoms with Gasteiger partial charge < -0.3 is 24.6 Å². The Morgan fingerprint density at radius 2 is 1.64 bits per heavy atom. The summed E-state index contributed by atoms with van der Waals surface area (Å²) in [5.74, 6) is 0.749. The van der Waals surface area contributed by atoms with Crippen LogP contribution in [0.15, 0.2) is 23.1 Å². The minimum absolute atomic E-state index is 0.127. The summed E-state index contributed by atoms with van der Waals surface area (Å²) in [5.41, 5.74) is -0.279. The van der Waals surface area contributed by atoms with Gasteiger partial charge in [0.05, 0.1) is 11.0 Å². The van der Waals surface area contributed by atoms with E-state index < -0.39 is 46.7 Å². The van der Waals surface area contributed by atoms with Crippen LogP contribution in [0.5, 0.6) is 11.5 Å². The molecule has 0 radical (unpaired) electrons. The molecular formula is C26H33N3O9S. The summed E-state index contributed by atoms with van der Waals surface area (Å²) in [5, 5.41) is 15.4. The summed E-state index contributed by atoms with van der Waals surface area (Å²) in [6, 6.07) is 2.18. The van der Waals surface area contributed by atoms with Crippen LogP contribution in [-0.4, -0.2) is 79.8 Å². The number of aliphatic hydroxyl groups is 1. The molecule has 2 aliphatic heterocycles. The van der Waals surface area contributed by atoms with E-state index >= 15 is 0 Å². The topological polar surface area (TPSA) is 161 Å². The molecule has 7 rings (SSSR count). The van der Waals surface area contributed by atoms with E-state index in [1.54, 1.807) is 0 Å². The zero-order valence-corrected chi connectivity index (χ0v) is 22.3. The third kappa shape index (κ3) is 5.19. The number of sulfonamides is 1. The minimum Gasteiger partial charge on any atom is -0.486 e. The van der Waals surface area contributed by atoms with Crippen molar-refractivity contribution in [3.05, 3.63) is 18.2 Å². The van der Waals surface area contributed by atoms with Crippen LogP contribution in [0.25, 0.3) is 0 Å². The Morgan fingerprint density at radius 1 is 1.00 bits per heavy atom. The van der Waals surface area contributed by atoms with Gasteiger partial charge in [0.1, 0.15) is 19.3 Å². The maximum Gasteiger partial charge on any atom is 0.325 e. The number of aliphatic hydroxyl groups excluding tert-OH is 1. The van der Waals surface area contributed by atoms with Crippen molar-refractivity contribution >= 4 is 27.9 Å². The van der Waals surface area contributed by atoms with Gasteiger partial charge in [0.2, 0.25) is 10.0 Å². The first-order valence-corrected chi connectivity index (χ1v) is 14.9. The number of imide groups is 1. The number of ether oxygens (including phenoxy) is 3. The molecule has 13 heteroatoms. The number of fused-ring (bicyclic) bond motifs is 1. The number of rotatable bonds is 6. The highest BCUT2D eigenvalue weighted by Gasteiger charge is 2.51. The van der Waals surface area contributed by atoms with Crippen LogP contribution < -0.4 is 20.1 Å². The van der Waals surface area contributed by atoms with Gasteiger partial charge in [0.25, 0.3) is 5.91 Å². The minimum atomic E-state index is -4.21. The number of hydrogen-bond acceptors (Lipinski definition) is 9. The predicted molar refractivity (Wildman–Crippen MR) is 134 cm³/mol. The van der Waals surface area contributed by atoms with Crippen molar-refractivity contribution in [2.24, 2.45) is 17.8 Å². The number of urea groups is 1. The molecule has 4 saturated carbocycles. The van der Waals surface area contributed by atoms with Gasteiger partial charge in [-0.2, -0.15) is 4.31 Å². The van der Waals surface area contributed by atoms with Gasteiger partial charge in [-0.05, 0) is 68.4 Å². The third-order valence-electron chi connectivity index (χ3n) is 8.64. The maximum absolute atomic E-state index is 13.3. The standard InChI is InChI=1S/C26H33N3O9S/c30-18-8-20(29(13-18)39(34,35)19-1-2-21-22(9-19)37-4-3-36-21)24(32)38-14-23(31)27-25(33)28-26-10-15-5-16(11-26)7-17(6-15)12-26/h1-2,9,15-18,20,30H,3-8,10-14H2,(H2,27,28,31,33)/t15?,16?,17?,18-,20+,26?/m0/s1. The lowest BCUT2D eigenvalue weighted by molar-refractivity contribution is -0.151. The van der Waals surface area contributed by atoms with Crippen molar-refractivity contribution in [2.45, 2.75) is 67.5 Å². The highest BCUT2D eigenvalue weighted by molar-refractivity contribution is 7.89. The zero-order chi connectivity index (χ0) is 27.4. The fraction of sp³-hybridized carbons (Fsp3) is 0.654. The summed E-state index contributed by atoms with van der Waals surface area (Å²) in [7, 11) is -4.21. The Hall–Kier alpha value is -2.90. The average Bonchev–Trinajstić information content (AvgIpc) is 3.28. The first kappa shape index (κ1) is 26.3. The number of nitrogens with one attached hydrogen (secondary N) is 2. The van der Waals surface area contributed by atoms with E-state index in [2.05, 4.69) is 10.6 Å². The molecular weight excluding hydrogens is 530 g/mol. The maximum atomic E-state index is 13.3. The highest BCUT2D eigenvalue weighted by atomic mass is 32.2. The van der Waals surface area contributed by atoms with Crippen molar-refractivity contribution in [2.75, 3.05) is 26.4 Å². The molecule has 39 heavy (non-hydrogen) atoms. The first-order chi connectivity index (χ1) is 18.6. The van der Waals surface area contributed by atoms with Gasteiger partial charge in [-0.25, -0.2) is 13.2 Å². The number of carbonyl (C=O) groups excluding carboxylic acids is 3. The molecule has 0 unspecified atom stereocenters. The van der Waals surface area contributed by atoms with Crippen LogP contribution in [-0.2, 0) is 24.3 Å². The van der Waals surface area contributed by atoms with E-state index in [4.69, 9.17) is 14.2 Å². The molecule has 3 amide bonds. The van der Waals surface area contributed by atoms with E-state index in [9.17, 15) is 27.9 Å². The fourth-order valence-corrected chi connectivity index (χ4v) is 9.16. The molecule has 3 N–H and O–H groups in total. The normalized spacial score (nSPS) is 33.0. The van der Waals surface area contributed by atoms with Crippen molar-refractivity contribution < 1.29 is 42.1 Å². The van der Waals surface area contributed by atoms with Gasteiger partial charge >= 0.3 is 12.0 Å². The van der Waals surface area contributed by atoms with E-state index in [1.807, 2.05) is 0 Å². The van der Waals surface area contributed by atoms with Crippen LogP contribution in [0.4, 0.5) is 4.79 Å². The van der Waals surface area contributed by atoms with Crippen molar-refractivity contribution in [3.8, 4) is 11.5 Å². The van der Waals surface area contributed by atoms with Crippen LogP contribution >= 0.6 is 0 Å². The largest absolute Gasteiger partial charge is 0.486 e. The Morgan fingerprint density at radius 3 is 2.31 bits per heavy atom. The summed E-state index contributed by atoms with van der Waals surface area (Å²) >= 11 is 0. The van der Waals surface area contributed by atoms with Crippen molar-refractivity contribution in [1.82, 2.24) is 14.9 Å². The molecule has 1 saturated heterocycles. The SMILES string of the molecule is O=C(COC(=O)[C@H]1C[C@H](O)CN1S(=O)(=O)c1ccc2c(c1)OCCO2)NC(=O)NC12CC3CC(CC(C3)C1)C2. The second-order valence-electron chi connectivity index (χ2n) is 11.6. The van der Waals surface area contributed by atoms with E-state index in [-0.39, 0.29) is 35.8 Å². The van der Waals surface area contributed by atoms with Crippen LogP contribution in [0.3, 0.4) is 0 Å². The van der Waals surface area contributed by atoms with Gasteiger partial charge in [-0.3, -0.25) is 14.9 Å². The number of nitrogens with zero attached hydrogens (tertiary/aromatic N) is 1. The second kappa shape index (κ2) is 9.93. The van der Waals surface area contributed by atoms with Gasteiger partial charge in [-0.1, -0.05) is 0 Å². The molecule has 4 aliphatic carbocycles. The van der Waals surface area contributed by atoms with Crippen LogP contribution in [0.2, 0.25) is 0 Å². The number of esters is 1. The second-order valence-corrected chi connectivity index (χ2v) is 13.5. The molecule has 6 aliphatic rings. The highest BCUT2D eigenvalue weighted by Crippen LogP contribution is 2.55. The number of hydrogen-bond donors (Lipinski definition) is 3. The lowest BCUT2D eigenvalue weighted by Crippen LogP contribution is -2.62. The summed E-state index contributed by atoms with van der Waals surface area (Å²) in [6.45, 7) is -0.437. The Bertz CT molecular complexity index is 1250. The van der Waals surface area contributed by atoms with Crippen molar-refractivity contribution in [1.29, 1.82) is 0 Å². The van der Waals surface area contributed by atoms with Crippen molar-refractivity contribution in [3.63, 3.8) is 0 Å². The number of benzene rings is 1. The molecule has 2 heterocycles. The molecule has 2 atom stereocenters. The number of amides is 3. The van der Waals surface area contributed by atoms with Crippen LogP contribution in [0, 0.1) is 17.8 Å². The average molecular weight is 564 g/mol. The van der Waals surface area contributed by atoms with Gasteiger partial charge in [0, 0.05) is 24.6 Å². The van der Waals surface area contributed by atoms with Gasteiger partial charge in [-0.15, -0.1) is 0 Å². The Balaban J connectivity index is 1.05. The monoisotopic (exact) mass is 563 g/mol.